The number of rotatable bonds is 4. The Bertz CT molecular complexity index is 719. The lowest BCUT2D eigenvalue weighted by Gasteiger charge is -2.11. The second-order valence-corrected chi connectivity index (χ2v) is 5.06. The van der Waals surface area contributed by atoms with Crippen LogP contribution in [0, 0.1) is 12.7 Å². The average molecular weight is 324 g/mol. The number of amides is 1. The van der Waals surface area contributed by atoms with Crippen LogP contribution in [-0.2, 0) is 0 Å². The molecular weight excluding hydrogens is 309 g/mol. The van der Waals surface area contributed by atoms with Gasteiger partial charge in [0.1, 0.15) is 5.82 Å². The Hall–Kier alpha value is -2.27. The van der Waals surface area contributed by atoms with Crippen molar-refractivity contribution in [3.8, 4) is 11.5 Å². The van der Waals surface area contributed by atoms with E-state index in [1.54, 1.807) is 26.0 Å². The number of hydrogen-bond donors (Lipinski definition) is 2. The quantitative estimate of drug-likeness (QED) is 0.889. The summed E-state index contributed by atoms with van der Waals surface area (Å²) in [5.41, 5.74) is 1.02. The summed E-state index contributed by atoms with van der Waals surface area (Å²) in [6.45, 7) is 3.70. The van der Waals surface area contributed by atoms with Gasteiger partial charge in [-0.1, -0.05) is 17.7 Å². The number of ether oxygens (including phenoxy) is 1. The number of nitrogens with one attached hydrogen (secondary N) is 1. The third kappa shape index (κ3) is 3.49. The van der Waals surface area contributed by atoms with Crippen LogP contribution >= 0.6 is 11.6 Å². The van der Waals surface area contributed by atoms with Crippen molar-refractivity contribution in [3.05, 3.63) is 52.3 Å². The van der Waals surface area contributed by atoms with E-state index in [-0.39, 0.29) is 22.1 Å². The zero-order valence-corrected chi connectivity index (χ0v) is 12.9. The fourth-order valence-corrected chi connectivity index (χ4v) is 2.06. The lowest BCUT2D eigenvalue weighted by Crippen LogP contribution is -2.12. The van der Waals surface area contributed by atoms with Gasteiger partial charge in [-0.25, -0.2) is 4.39 Å². The molecule has 2 N–H and O–H groups in total. The maximum absolute atomic E-state index is 13.5. The van der Waals surface area contributed by atoms with Crippen molar-refractivity contribution in [2.75, 3.05) is 11.9 Å². The molecule has 0 radical (unpaired) electrons. The molecule has 0 aliphatic rings. The van der Waals surface area contributed by atoms with Crippen molar-refractivity contribution in [1.29, 1.82) is 0 Å². The number of benzene rings is 2. The first-order valence-corrected chi connectivity index (χ1v) is 7.03. The SMILES string of the molecule is CCOc1cc(C(=O)Nc2ccc(C)c(F)c2)cc(Cl)c1O. The highest BCUT2D eigenvalue weighted by Crippen LogP contribution is 2.35. The Labute approximate surface area is 132 Å². The summed E-state index contributed by atoms with van der Waals surface area (Å²) in [7, 11) is 0. The first-order valence-electron chi connectivity index (χ1n) is 6.65. The average Bonchev–Trinajstić information content (AvgIpc) is 2.47. The zero-order chi connectivity index (χ0) is 16.3. The molecule has 0 saturated carbocycles. The molecule has 2 rings (SSSR count). The first kappa shape index (κ1) is 16.1. The number of carbonyl (C=O) groups is 1. The lowest BCUT2D eigenvalue weighted by molar-refractivity contribution is 0.102. The van der Waals surface area contributed by atoms with E-state index in [2.05, 4.69) is 5.32 Å². The second-order valence-electron chi connectivity index (χ2n) is 4.66. The summed E-state index contributed by atoms with van der Waals surface area (Å²) >= 11 is 5.88. The fourth-order valence-electron chi connectivity index (χ4n) is 1.84. The van der Waals surface area contributed by atoms with Crippen LogP contribution in [0.5, 0.6) is 11.5 Å². The van der Waals surface area contributed by atoms with Gasteiger partial charge in [0.15, 0.2) is 11.5 Å². The van der Waals surface area contributed by atoms with Crippen molar-refractivity contribution < 1.29 is 19.0 Å². The van der Waals surface area contributed by atoms with E-state index in [1.165, 1.54) is 18.2 Å². The van der Waals surface area contributed by atoms with E-state index in [4.69, 9.17) is 16.3 Å². The smallest absolute Gasteiger partial charge is 0.255 e. The first-order chi connectivity index (χ1) is 10.4. The summed E-state index contributed by atoms with van der Waals surface area (Å²) < 4.78 is 18.7. The highest BCUT2D eigenvalue weighted by Gasteiger charge is 2.15. The fraction of sp³-hybridized carbons (Fsp3) is 0.188. The zero-order valence-electron chi connectivity index (χ0n) is 12.1. The van der Waals surface area contributed by atoms with Gasteiger partial charge in [-0.3, -0.25) is 4.79 Å². The third-order valence-corrected chi connectivity index (χ3v) is 3.31. The molecule has 0 heterocycles. The van der Waals surface area contributed by atoms with Crippen molar-refractivity contribution in [1.82, 2.24) is 0 Å². The lowest BCUT2D eigenvalue weighted by atomic mass is 10.1. The number of aryl methyl sites for hydroxylation is 1. The predicted octanol–water partition coefficient (Wildman–Crippen LogP) is 4.14. The summed E-state index contributed by atoms with van der Waals surface area (Å²) in [5.74, 6) is -0.987. The molecule has 0 aliphatic heterocycles. The van der Waals surface area contributed by atoms with Crippen molar-refractivity contribution >= 4 is 23.2 Å². The second kappa shape index (κ2) is 6.66. The van der Waals surface area contributed by atoms with Gasteiger partial charge in [0.2, 0.25) is 0 Å². The van der Waals surface area contributed by atoms with Crippen molar-refractivity contribution in [2.24, 2.45) is 0 Å². The molecule has 0 aliphatic carbocycles. The molecule has 0 bridgehead atoms. The highest BCUT2D eigenvalue weighted by molar-refractivity contribution is 6.32. The van der Waals surface area contributed by atoms with Crippen LogP contribution in [-0.4, -0.2) is 17.6 Å². The monoisotopic (exact) mass is 323 g/mol. The standard InChI is InChI=1S/C16H15ClFNO3/c1-3-22-14-7-10(6-12(17)15(14)20)16(21)19-11-5-4-9(2)13(18)8-11/h4-8,20H,3H2,1-2H3,(H,19,21). The van der Waals surface area contributed by atoms with Gasteiger partial charge in [-0.05, 0) is 43.7 Å². The minimum atomic E-state index is -0.480. The van der Waals surface area contributed by atoms with Crippen molar-refractivity contribution in [3.63, 3.8) is 0 Å². The molecule has 1 amide bonds. The minimum Gasteiger partial charge on any atom is -0.503 e. The number of carbonyl (C=O) groups excluding carboxylic acids is 1. The third-order valence-electron chi connectivity index (χ3n) is 3.02. The molecule has 0 spiro atoms. The van der Waals surface area contributed by atoms with Crippen LogP contribution in [0.15, 0.2) is 30.3 Å². The van der Waals surface area contributed by atoms with Gasteiger partial charge >= 0.3 is 0 Å². The van der Waals surface area contributed by atoms with E-state index >= 15 is 0 Å². The predicted molar refractivity (Wildman–Crippen MR) is 83.4 cm³/mol. The largest absolute Gasteiger partial charge is 0.503 e. The van der Waals surface area contributed by atoms with Crippen LogP contribution in [0.2, 0.25) is 5.02 Å². The molecule has 4 nitrogen and oxygen atoms in total. The molecule has 0 fully saturated rings. The molecule has 0 atom stereocenters. The number of phenolic OH excluding ortho intramolecular Hbond substituents is 1. The van der Waals surface area contributed by atoms with Gasteiger partial charge in [0.05, 0.1) is 11.6 Å². The van der Waals surface area contributed by atoms with Crippen LogP contribution < -0.4 is 10.1 Å². The Morgan fingerprint density at radius 1 is 1.36 bits per heavy atom. The molecule has 2 aromatic carbocycles. The number of halogens is 2. The molecule has 22 heavy (non-hydrogen) atoms. The summed E-state index contributed by atoms with van der Waals surface area (Å²) in [6.07, 6.45) is 0. The van der Waals surface area contributed by atoms with Crippen LogP contribution in [0.4, 0.5) is 10.1 Å². The normalized spacial score (nSPS) is 10.4. The van der Waals surface area contributed by atoms with Crippen LogP contribution in [0.1, 0.15) is 22.8 Å². The van der Waals surface area contributed by atoms with E-state index in [9.17, 15) is 14.3 Å². The Morgan fingerprint density at radius 2 is 2.09 bits per heavy atom. The van der Waals surface area contributed by atoms with Crippen LogP contribution in [0.25, 0.3) is 0 Å². The number of hydrogen-bond acceptors (Lipinski definition) is 3. The molecule has 0 unspecified atom stereocenters. The Kier molecular flexibility index (Phi) is 4.88. The molecule has 0 saturated heterocycles. The van der Waals surface area contributed by atoms with E-state index in [0.717, 1.165) is 0 Å². The van der Waals surface area contributed by atoms with E-state index in [0.29, 0.717) is 17.9 Å². The molecular formula is C16H15ClFNO3. The Morgan fingerprint density at radius 3 is 2.73 bits per heavy atom. The topological polar surface area (TPSA) is 58.6 Å². The maximum atomic E-state index is 13.5. The number of phenols is 1. The maximum Gasteiger partial charge on any atom is 0.255 e. The molecule has 6 heteroatoms. The van der Waals surface area contributed by atoms with Gasteiger partial charge in [-0.15, -0.1) is 0 Å². The molecule has 2 aromatic rings. The van der Waals surface area contributed by atoms with E-state index < -0.39 is 11.7 Å². The van der Waals surface area contributed by atoms with Gasteiger partial charge in [0.25, 0.3) is 5.91 Å². The Balaban J connectivity index is 2.27. The van der Waals surface area contributed by atoms with Gasteiger partial charge in [-0.2, -0.15) is 0 Å². The highest BCUT2D eigenvalue weighted by atomic mass is 35.5. The summed E-state index contributed by atoms with van der Waals surface area (Å²) in [4.78, 5) is 12.2. The molecule has 0 aromatic heterocycles. The summed E-state index contributed by atoms with van der Waals surface area (Å²) in [6, 6.07) is 7.10. The van der Waals surface area contributed by atoms with E-state index in [1.807, 2.05) is 0 Å². The minimum absolute atomic E-state index is 0.00573. The van der Waals surface area contributed by atoms with Crippen LogP contribution in [0.3, 0.4) is 0 Å². The van der Waals surface area contributed by atoms with Crippen molar-refractivity contribution in [2.45, 2.75) is 13.8 Å². The molecule has 116 valence electrons. The number of anilines is 1. The summed E-state index contributed by atoms with van der Waals surface area (Å²) in [5, 5.41) is 12.3. The van der Waals surface area contributed by atoms with Gasteiger partial charge < -0.3 is 15.2 Å². The number of aromatic hydroxyl groups is 1. The van der Waals surface area contributed by atoms with Gasteiger partial charge in [0, 0.05) is 11.3 Å².